The Morgan fingerprint density at radius 2 is 1.67 bits per heavy atom. The summed E-state index contributed by atoms with van der Waals surface area (Å²) < 4.78 is 4.47. The van der Waals surface area contributed by atoms with Crippen LogP contribution in [0.15, 0.2) is 42.5 Å². The average Bonchev–Trinajstić information content (AvgIpc) is 2.76. The minimum absolute atomic E-state index is 0.0818. The van der Waals surface area contributed by atoms with Gasteiger partial charge in [-0.1, -0.05) is 17.7 Å². The van der Waals surface area contributed by atoms with Gasteiger partial charge in [-0.25, -0.2) is 9.59 Å². The van der Waals surface area contributed by atoms with Crippen molar-refractivity contribution in [3.63, 3.8) is 0 Å². The predicted octanol–water partition coefficient (Wildman–Crippen LogP) is 1.31. The Morgan fingerprint density at radius 3 is 2.38 bits per heavy atom. The monoisotopic (exact) mass is 285 g/mol. The Bertz CT molecular complexity index is 723. The summed E-state index contributed by atoms with van der Waals surface area (Å²) in [6.45, 7) is 1.93. The Balaban J connectivity index is 1.84. The van der Waals surface area contributed by atoms with E-state index in [9.17, 15) is 14.8 Å². The third kappa shape index (κ3) is 2.49. The number of cyclic esters (lactones) is 2. The largest absolute Gasteiger partial charge is 0.585 e. The van der Waals surface area contributed by atoms with E-state index in [1.807, 2.05) is 19.1 Å². The van der Waals surface area contributed by atoms with E-state index < -0.39 is 17.2 Å². The number of quaternary nitrogens is 1. The van der Waals surface area contributed by atoms with Gasteiger partial charge in [0.05, 0.1) is 11.1 Å². The number of nitrogens with one attached hydrogen (secondary N) is 1. The first-order valence-corrected chi connectivity index (χ1v) is 6.24. The fraction of sp³-hybridized carbons (Fsp3) is 0.0667. The van der Waals surface area contributed by atoms with Crippen molar-refractivity contribution in [1.82, 2.24) is 0 Å². The fourth-order valence-electron chi connectivity index (χ4n) is 1.98. The molecule has 21 heavy (non-hydrogen) atoms. The number of benzene rings is 2. The number of carbonyl (C=O) groups is 2. The van der Waals surface area contributed by atoms with E-state index in [-0.39, 0.29) is 16.8 Å². The molecule has 0 aliphatic carbocycles. The Labute approximate surface area is 120 Å². The van der Waals surface area contributed by atoms with E-state index in [0.717, 1.165) is 5.56 Å². The van der Waals surface area contributed by atoms with Gasteiger partial charge in [-0.05, 0) is 25.1 Å². The van der Waals surface area contributed by atoms with Gasteiger partial charge in [0.1, 0.15) is 0 Å². The highest BCUT2D eigenvalue weighted by molar-refractivity contribution is 6.14. The van der Waals surface area contributed by atoms with Crippen LogP contribution in [0.3, 0.4) is 0 Å². The Kier molecular flexibility index (Phi) is 3.17. The van der Waals surface area contributed by atoms with Gasteiger partial charge in [-0.2, -0.15) is 0 Å². The summed E-state index contributed by atoms with van der Waals surface area (Å²) in [5.74, 6) is -1.04. The van der Waals surface area contributed by atoms with Crippen LogP contribution < -0.4 is 10.1 Å². The second-order valence-corrected chi connectivity index (χ2v) is 4.64. The molecule has 1 atom stereocenters. The summed E-state index contributed by atoms with van der Waals surface area (Å²) in [5, 5.41) is 11.4. The zero-order valence-corrected chi connectivity index (χ0v) is 11.1. The molecule has 0 saturated carbocycles. The van der Waals surface area contributed by atoms with E-state index in [1.54, 1.807) is 12.1 Å². The first-order chi connectivity index (χ1) is 10.0. The normalized spacial score (nSPS) is 14.6. The number of carbonyl (C=O) groups excluding carboxylic acids is 2. The molecule has 2 aromatic carbocycles. The predicted molar refractivity (Wildman–Crippen MR) is 72.0 cm³/mol. The number of ether oxygens (including phenoxy) is 1. The van der Waals surface area contributed by atoms with Crippen molar-refractivity contribution in [3.8, 4) is 5.75 Å². The van der Waals surface area contributed by atoms with Crippen molar-refractivity contribution in [2.45, 2.75) is 6.92 Å². The minimum Gasteiger partial charge on any atom is -0.585 e. The third-order valence-corrected chi connectivity index (χ3v) is 3.11. The maximum atomic E-state index is 12.0. The SMILES string of the molecule is Cc1ccc(O[NH+]([O-])c2ccc3c(c2)C(=O)OC3=O)cc1. The van der Waals surface area contributed by atoms with Crippen molar-refractivity contribution in [2.24, 2.45) is 0 Å². The molecule has 1 aliphatic heterocycles. The smallest absolute Gasteiger partial charge is 0.347 e. The van der Waals surface area contributed by atoms with Gasteiger partial charge in [0.2, 0.25) is 0 Å². The summed E-state index contributed by atoms with van der Waals surface area (Å²) in [4.78, 5) is 28.0. The molecule has 0 saturated heterocycles. The van der Waals surface area contributed by atoms with Crippen LogP contribution in [0.2, 0.25) is 0 Å². The minimum atomic E-state index is -0.750. The molecule has 1 N–H and O–H groups in total. The zero-order chi connectivity index (χ0) is 15.0. The molecule has 1 unspecified atom stereocenters. The molecule has 106 valence electrons. The van der Waals surface area contributed by atoms with Crippen LogP contribution in [-0.4, -0.2) is 11.9 Å². The van der Waals surface area contributed by atoms with Crippen LogP contribution >= 0.6 is 0 Å². The summed E-state index contributed by atoms with van der Waals surface area (Å²) in [6, 6.07) is 11.1. The lowest BCUT2D eigenvalue weighted by Crippen LogP contribution is -3.04. The maximum absolute atomic E-state index is 12.0. The number of rotatable bonds is 3. The molecule has 6 heteroatoms. The van der Waals surface area contributed by atoms with Crippen LogP contribution in [0.4, 0.5) is 5.69 Å². The lowest BCUT2D eigenvalue weighted by molar-refractivity contribution is -0.963. The van der Waals surface area contributed by atoms with Crippen LogP contribution in [0.25, 0.3) is 0 Å². The van der Waals surface area contributed by atoms with Gasteiger partial charge in [-0.15, -0.1) is 5.23 Å². The Hall–Kier alpha value is -2.70. The van der Waals surface area contributed by atoms with Crippen LogP contribution in [0.5, 0.6) is 5.75 Å². The van der Waals surface area contributed by atoms with E-state index >= 15 is 0 Å². The van der Waals surface area contributed by atoms with Gasteiger partial charge in [0.15, 0.2) is 11.4 Å². The van der Waals surface area contributed by atoms with Gasteiger partial charge in [0, 0.05) is 12.1 Å². The third-order valence-electron chi connectivity index (χ3n) is 3.11. The highest BCUT2D eigenvalue weighted by Crippen LogP contribution is 2.22. The summed E-state index contributed by atoms with van der Waals surface area (Å²) in [5.41, 5.74) is 1.47. The first kappa shape index (κ1) is 13.3. The molecule has 0 fully saturated rings. The Morgan fingerprint density at radius 1 is 1.00 bits per heavy atom. The van der Waals surface area contributed by atoms with Crippen molar-refractivity contribution in [2.75, 3.05) is 0 Å². The standard InChI is InChI=1S/C15H11NO5/c1-9-2-5-11(6-3-9)21-16(19)10-4-7-12-13(8-10)15(18)20-14(12)17/h2-8,16H,1H3. The highest BCUT2D eigenvalue weighted by Gasteiger charge is 2.30. The second kappa shape index (κ2) is 5.01. The van der Waals surface area contributed by atoms with Gasteiger partial charge in [-0.3, -0.25) is 0 Å². The van der Waals surface area contributed by atoms with E-state index in [2.05, 4.69) is 4.74 Å². The highest BCUT2D eigenvalue weighted by atomic mass is 16.9. The van der Waals surface area contributed by atoms with Crippen molar-refractivity contribution >= 4 is 17.6 Å². The molecule has 1 aliphatic rings. The van der Waals surface area contributed by atoms with E-state index in [0.29, 0.717) is 5.75 Å². The molecule has 6 nitrogen and oxygen atoms in total. The van der Waals surface area contributed by atoms with Gasteiger partial charge in [0.25, 0.3) is 0 Å². The molecular formula is C15H11NO5. The maximum Gasteiger partial charge on any atom is 0.347 e. The second-order valence-electron chi connectivity index (χ2n) is 4.64. The molecular weight excluding hydrogens is 274 g/mol. The molecule has 1 heterocycles. The molecule has 3 rings (SSSR count). The van der Waals surface area contributed by atoms with Crippen molar-refractivity contribution in [3.05, 3.63) is 64.4 Å². The van der Waals surface area contributed by atoms with Crippen molar-refractivity contribution in [1.29, 1.82) is 0 Å². The van der Waals surface area contributed by atoms with E-state index in [4.69, 9.17) is 4.84 Å². The molecule has 0 aromatic heterocycles. The molecule has 0 bridgehead atoms. The summed E-state index contributed by atoms with van der Waals surface area (Å²) in [6.07, 6.45) is 0. The van der Waals surface area contributed by atoms with Crippen LogP contribution in [0, 0.1) is 12.1 Å². The van der Waals surface area contributed by atoms with E-state index in [1.165, 1.54) is 18.2 Å². The summed E-state index contributed by atoms with van der Waals surface area (Å²) >= 11 is 0. The number of hydrogen-bond acceptors (Lipinski definition) is 5. The quantitative estimate of drug-likeness (QED) is 0.522. The van der Waals surface area contributed by atoms with Crippen LogP contribution in [-0.2, 0) is 4.74 Å². The zero-order valence-electron chi connectivity index (χ0n) is 11.1. The summed E-state index contributed by atoms with van der Waals surface area (Å²) in [7, 11) is 0. The number of aryl methyl sites for hydroxylation is 1. The van der Waals surface area contributed by atoms with Gasteiger partial charge < -0.3 is 14.8 Å². The lowest BCUT2D eigenvalue weighted by Gasteiger charge is -2.20. The van der Waals surface area contributed by atoms with Crippen molar-refractivity contribution < 1.29 is 24.4 Å². The molecule has 0 radical (unpaired) electrons. The van der Waals surface area contributed by atoms with Gasteiger partial charge >= 0.3 is 11.9 Å². The number of fused-ring (bicyclic) bond motifs is 1. The molecule has 0 amide bonds. The first-order valence-electron chi connectivity index (χ1n) is 6.24. The topological polar surface area (TPSA) is 80.1 Å². The number of hydrogen-bond donors (Lipinski definition) is 1. The number of esters is 2. The lowest BCUT2D eigenvalue weighted by atomic mass is 10.1. The molecule has 0 spiro atoms. The van der Waals surface area contributed by atoms with Crippen LogP contribution in [0.1, 0.15) is 26.3 Å². The fourth-order valence-corrected chi connectivity index (χ4v) is 1.98. The molecule has 2 aromatic rings. The average molecular weight is 285 g/mol.